The molecule has 112 valence electrons. The predicted molar refractivity (Wildman–Crippen MR) is 79.3 cm³/mol. The minimum Gasteiger partial charge on any atom is -0.494 e. The Bertz CT molecular complexity index is 438. The smallest absolute Gasteiger partial charge is 0.165 e. The first-order chi connectivity index (χ1) is 9.65. The molecule has 2 N–H and O–H groups in total. The molecule has 3 nitrogen and oxygen atoms in total. The standard InChI is InChI=1S/C16H25FN2O/c1-12-4-3-8-19(9-7-12)15(11-18)13-5-6-16(20-2)14(17)10-13/h5-6,10,12,15H,3-4,7-9,11,18H2,1-2H3. The number of benzene rings is 1. The van der Waals surface area contributed by atoms with E-state index in [1.807, 2.05) is 6.07 Å². The van der Waals surface area contributed by atoms with Crippen molar-refractivity contribution < 1.29 is 9.13 Å². The summed E-state index contributed by atoms with van der Waals surface area (Å²) in [6.45, 7) is 4.89. The summed E-state index contributed by atoms with van der Waals surface area (Å²) in [6.07, 6.45) is 3.65. The first-order valence-corrected chi connectivity index (χ1v) is 7.43. The van der Waals surface area contributed by atoms with E-state index in [2.05, 4.69) is 11.8 Å². The number of likely N-dealkylation sites (tertiary alicyclic amines) is 1. The van der Waals surface area contributed by atoms with Crippen molar-refractivity contribution in [3.63, 3.8) is 0 Å². The van der Waals surface area contributed by atoms with Crippen molar-refractivity contribution in [1.82, 2.24) is 4.90 Å². The monoisotopic (exact) mass is 280 g/mol. The topological polar surface area (TPSA) is 38.5 Å². The van der Waals surface area contributed by atoms with Gasteiger partial charge in [0.15, 0.2) is 11.6 Å². The third-order valence-electron chi connectivity index (χ3n) is 4.28. The molecule has 0 aromatic heterocycles. The molecule has 4 heteroatoms. The second kappa shape index (κ2) is 7.04. The Kier molecular flexibility index (Phi) is 5.38. The zero-order valence-corrected chi connectivity index (χ0v) is 12.4. The van der Waals surface area contributed by atoms with Gasteiger partial charge in [0.1, 0.15) is 0 Å². The SMILES string of the molecule is COc1ccc(C(CN)N2CCCC(C)CC2)cc1F. The first kappa shape index (κ1) is 15.3. The molecular formula is C16H25FN2O. The van der Waals surface area contributed by atoms with Crippen LogP contribution < -0.4 is 10.5 Å². The Balaban J connectivity index is 2.16. The van der Waals surface area contributed by atoms with Crippen LogP contribution in [0.2, 0.25) is 0 Å². The molecule has 0 spiro atoms. The zero-order chi connectivity index (χ0) is 14.5. The average molecular weight is 280 g/mol. The first-order valence-electron chi connectivity index (χ1n) is 7.43. The third kappa shape index (κ3) is 3.49. The van der Waals surface area contributed by atoms with Crippen LogP contribution in [0.5, 0.6) is 5.75 Å². The molecule has 0 amide bonds. The van der Waals surface area contributed by atoms with Crippen LogP contribution in [0.15, 0.2) is 18.2 Å². The van der Waals surface area contributed by atoms with E-state index in [9.17, 15) is 4.39 Å². The van der Waals surface area contributed by atoms with Crippen LogP contribution in [0.1, 0.15) is 37.8 Å². The summed E-state index contributed by atoms with van der Waals surface area (Å²) in [5.74, 6) is 0.742. The molecule has 0 radical (unpaired) electrons. The number of halogens is 1. The number of nitrogens with zero attached hydrogens (tertiary/aromatic N) is 1. The molecular weight excluding hydrogens is 255 g/mol. The lowest BCUT2D eigenvalue weighted by Gasteiger charge is -2.30. The lowest BCUT2D eigenvalue weighted by Crippen LogP contribution is -2.34. The van der Waals surface area contributed by atoms with E-state index in [1.54, 1.807) is 12.1 Å². The Morgan fingerprint density at radius 2 is 2.20 bits per heavy atom. The van der Waals surface area contributed by atoms with Gasteiger partial charge in [-0.15, -0.1) is 0 Å². The lowest BCUT2D eigenvalue weighted by molar-refractivity contribution is 0.207. The minimum absolute atomic E-state index is 0.0979. The molecule has 1 aliphatic rings. The fraction of sp³-hybridized carbons (Fsp3) is 0.625. The number of rotatable bonds is 4. The molecule has 1 aliphatic heterocycles. The molecule has 2 unspecified atom stereocenters. The second-order valence-corrected chi connectivity index (χ2v) is 5.72. The number of ether oxygens (including phenoxy) is 1. The van der Waals surface area contributed by atoms with Crippen molar-refractivity contribution in [3.8, 4) is 5.75 Å². The van der Waals surface area contributed by atoms with Crippen molar-refractivity contribution in [2.45, 2.75) is 32.2 Å². The summed E-state index contributed by atoms with van der Waals surface area (Å²) in [4.78, 5) is 2.39. The number of nitrogens with two attached hydrogens (primary N) is 1. The van der Waals surface area contributed by atoms with E-state index in [0.717, 1.165) is 24.6 Å². The molecule has 0 aliphatic carbocycles. The molecule has 1 fully saturated rings. The van der Waals surface area contributed by atoms with Gasteiger partial charge in [0.05, 0.1) is 7.11 Å². The van der Waals surface area contributed by atoms with Gasteiger partial charge in [-0.3, -0.25) is 4.90 Å². The Morgan fingerprint density at radius 1 is 1.40 bits per heavy atom. The van der Waals surface area contributed by atoms with E-state index in [-0.39, 0.29) is 17.6 Å². The van der Waals surface area contributed by atoms with Gasteiger partial charge < -0.3 is 10.5 Å². The third-order valence-corrected chi connectivity index (χ3v) is 4.28. The fourth-order valence-corrected chi connectivity index (χ4v) is 2.98. The van der Waals surface area contributed by atoms with E-state index in [4.69, 9.17) is 10.5 Å². The van der Waals surface area contributed by atoms with Crippen LogP contribution in [0, 0.1) is 11.7 Å². The summed E-state index contributed by atoms with van der Waals surface area (Å²) < 4.78 is 18.8. The quantitative estimate of drug-likeness (QED) is 0.921. The van der Waals surface area contributed by atoms with Crippen LogP contribution in [-0.2, 0) is 0 Å². The van der Waals surface area contributed by atoms with Crippen LogP contribution in [0.3, 0.4) is 0 Å². The maximum atomic E-state index is 13.9. The van der Waals surface area contributed by atoms with E-state index in [1.165, 1.54) is 26.4 Å². The molecule has 1 saturated heterocycles. The maximum Gasteiger partial charge on any atom is 0.165 e. The highest BCUT2D eigenvalue weighted by Gasteiger charge is 2.22. The van der Waals surface area contributed by atoms with Crippen molar-refractivity contribution in [1.29, 1.82) is 0 Å². The van der Waals surface area contributed by atoms with Crippen molar-refractivity contribution >= 4 is 0 Å². The van der Waals surface area contributed by atoms with Gasteiger partial charge in [-0.05, 0) is 56.0 Å². The lowest BCUT2D eigenvalue weighted by atomic mass is 10.0. The maximum absolute atomic E-state index is 13.9. The minimum atomic E-state index is -0.313. The van der Waals surface area contributed by atoms with Crippen molar-refractivity contribution in [3.05, 3.63) is 29.6 Å². The summed E-state index contributed by atoms with van der Waals surface area (Å²) in [6, 6.07) is 5.27. The van der Waals surface area contributed by atoms with Gasteiger partial charge in [0.2, 0.25) is 0 Å². The molecule has 1 aromatic rings. The van der Waals surface area contributed by atoms with Gasteiger partial charge in [-0.1, -0.05) is 13.0 Å². The highest BCUT2D eigenvalue weighted by Crippen LogP contribution is 2.28. The van der Waals surface area contributed by atoms with Gasteiger partial charge in [0.25, 0.3) is 0 Å². The molecule has 1 heterocycles. The fourth-order valence-electron chi connectivity index (χ4n) is 2.98. The molecule has 1 aromatic carbocycles. The Hall–Kier alpha value is -1.13. The summed E-state index contributed by atoms with van der Waals surface area (Å²) >= 11 is 0. The summed E-state index contributed by atoms with van der Waals surface area (Å²) in [7, 11) is 1.48. The van der Waals surface area contributed by atoms with E-state index in [0.29, 0.717) is 6.54 Å². The van der Waals surface area contributed by atoms with Crippen molar-refractivity contribution in [2.24, 2.45) is 11.7 Å². The number of methoxy groups -OCH3 is 1. The average Bonchev–Trinajstić information content (AvgIpc) is 2.65. The van der Waals surface area contributed by atoms with Crippen LogP contribution >= 0.6 is 0 Å². The summed E-state index contributed by atoms with van der Waals surface area (Å²) in [5, 5.41) is 0. The largest absolute Gasteiger partial charge is 0.494 e. The molecule has 2 rings (SSSR count). The highest BCUT2D eigenvalue weighted by atomic mass is 19.1. The zero-order valence-electron chi connectivity index (χ0n) is 12.4. The number of hydrogen-bond acceptors (Lipinski definition) is 3. The van der Waals surface area contributed by atoms with Gasteiger partial charge >= 0.3 is 0 Å². The number of hydrogen-bond donors (Lipinski definition) is 1. The highest BCUT2D eigenvalue weighted by molar-refractivity contribution is 5.31. The van der Waals surface area contributed by atoms with Crippen LogP contribution in [0.4, 0.5) is 4.39 Å². The Labute approximate surface area is 120 Å². The van der Waals surface area contributed by atoms with Crippen LogP contribution in [0.25, 0.3) is 0 Å². The Morgan fingerprint density at radius 3 is 2.85 bits per heavy atom. The normalized spacial score (nSPS) is 22.3. The molecule has 20 heavy (non-hydrogen) atoms. The second-order valence-electron chi connectivity index (χ2n) is 5.72. The van der Waals surface area contributed by atoms with Gasteiger partial charge in [-0.2, -0.15) is 0 Å². The molecule has 0 bridgehead atoms. The molecule has 2 atom stereocenters. The van der Waals surface area contributed by atoms with Crippen LogP contribution in [-0.4, -0.2) is 31.6 Å². The van der Waals surface area contributed by atoms with Gasteiger partial charge in [-0.25, -0.2) is 4.39 Å². The summed E-state index contributed by atoms with van der Waals surface area (Å²) in [5.41, 5.74) is 6.89. The van der Waals surface area contributed by atoms with Crippen molar-refractivity contribution in [2.75, 3.05) is 26.7 Å². The predicted octanol–water partition coefficient (Wildman–Crippen LogP) is 2.96. The van der Waals surface area contributed by atoms with E-state index >= 15 is 0 Å². The molecule has 0 saturated carbocycles. The van der Waals surface area contributed by atoms with Gasteiger partial charge in [0, 0.05) is 12.6 Å². The van der Waals surface area contributed by atoms with E-state index < -0.39 is 0 Å².